The highest BCUT2D eigenvalue weighted by atomic mass is 31.1. The van der Waals surface area contributed by atoms with Gasteiger partial charge in [0.05, 0.1) is 20.7 Å². The SMILES string of the molecule is CCP(O)C(O)C1(C(=O)O)OCC2C(C(=O)O)C21. The van der Waals surface area contributed by atoms with Crippen molar-refractivity contribution in [2.45, 2.75) is 18.4 Å². The largest absolute Gasteiger partial charge is 0.481 e. The molecule has 6 atom stereocenters. The summed E-state index contributed by atoms with van der Waals surface area (Å²) in [6.07, 6.45) is 0.226. The van der Waals surface area contributed by atoms with Crippen molar-refractivity contribution < 1.29 is 34.5 Å². The van der Waals surface area contributed by atoms with Crippen LogP contribution in [0.2, 0.25) is 0 Å². The predicted octanol–water partition coefficient (Wildman–Crippen LogP) is -0.486. The Morgan fingerprint density at radius 1 is 1.50 bits per heavy atom. The number of aliphatic hydroxyl groups excluding tert-OH is 1. The minimum Gasteiger partial charge on any atom is -0.481 e. The molecule has 1 aliphatic carbocycles. The molecule has 1 saturated carbocycles. The molecule has 0 bridgehead atoms. The van der Waals surface area contributed by atoms with Gasteiger partial charge in [0.25, 0.3) is 0 Å². The number of hydrogen-bond acceptors (Lipinski definition) is 5. The van der Waals surface area contributed by atoms with Crippen LogP contribution in [-0.4, -0.2) is 56.4 Å². The molecule has 1 aliphatic heterocycles. The fourth-order valence-electron chi connectivity index (χ4n) is 2.79. The number of carbonyl (C=O) groups is 2. The highest BCUT2D eigenvalue weighted by molar-refractivity contribution is 7.52. The standard InChI is InChI=1S/C10H15O7P/c1-2-18(16)9(15)10(8(13)14)6-4(3-17-10)5(6)7(11)12/h4-6,9,15-16H,2-3H2,1H3,(H,11,12)(H,13,14). The number of aliphatic hydroxyl groups is 1. The second-order valence-corrected chi connectivity index (χ2v) is 6.59. The zero-order valence-corrected chi connectivity index (χ0v) is 10.6. The molecule has 0 spiro atoms. The Morgan fingerprint density at radius 3 is 2.50 bits per heavy atom. The molecule has 2 fully saturated rings. The lowest BCUT2D eigenvalue weighted by Gasteiger charge is -2.33. The van der Waals surface area contributed by atoms with Gasteiger partial charge in [0, 0.05) is 11.8 Å². The fourth-order valence-corrected chi connectivity index (χ4v) is 3.93. The van der Waals surface area contributed by atoms with Crippen LogP contribution in [0.15, 0.2) is 0 Å². The average Bonchev–Trinajstić information content (AvgIpc) is 2.92. The van der Waals surface area contributed by atoms with E-state index >= 15 is 0 Å². The van der Waals surface area contributed by atoms with Gasteiger partial charge in [-0.3, -0.25) is 4.79 Å². The van der Waals surface area contributed by atoms with Gasteiger partial charge >= 0.3 is 11.9 Å². The summed E-state index contributed by atoms with van der Waals surface area (Å²) >= 11 is 0. The summed E-state index contributed by atoms with van der Waals surface area (Å²) in [6.45, 7) is 1.62. The third-order valence-electron chi connectivity index (χ3n) is 3.79. The molecule has 18 heavy (non-hydrogen) atoms. The Hall–Kier alpha value is -0.750. The monoisotopic (exact) mass is 278 g/mol. The maximum absolute atomic E-state index is 11.4. The Labute approximate surface area is 104 Å². The predicted molar refractivity (Wildman–Crippen MR) is 60.1 cm³/mol. The molecule has 2 rings (SSSR count). The van der Waals surface area contributed by atoms with E-state index in [0.717, 1.165) is 0 Å². The van der Waals surface area contributed by atoms with Gasteiger partial charge in [-0.15, -0.1) is 0 Å². The van der Waals surface area contributed by atoms with Crippen LogP contribution in [0.1, 0.15) is 6.92 Å². The Bertz CT molecular complexity index is 386. The first-order valence-electron chi connectivity index (χ1n) is 5.61. The first-order valence-corrected chi connectivity index (χ1v) is 7.16. The average molecular weight is 278 g/mol. The molecule has 6 unspecified atom stereocenters. The first kappa shape index (κ1) is 13.7. The first-order chi connectivity index (χ1) is 8.37. The Kier molecular flexibility index (Phi) is 3.36. The maximum atomic E-state index is 11.4. The van der Waals surface area contributed by atoms with Crippen LogP contribution in [0.25, 0.3) is 0 Å². The molecule has 1 heterocycles. The number of rotatable bonds is 5. The molecule has 8 heteroatoms. The van der Waals surface area contributed by atoms with Crippen molar-refractivity contribution in [1.29, 1.82) is 0 Å². The van der Waals surface area contributed by atoms with Gasteiger partial charge in [0.2, 0.25) is 5.60 Å². The fraction of sp³-hybridized carbons (Fsp3) is 0.800. The van der Waals surface area contributed by atoms with Crippen LogP contribution < -0.4 is 0 Å². The molecule has 0 aromatic heterocycles. The number of aliphatic carboxylic acids is 2. The molecule has 0 aromatic carbocycles. The topological polar surface area (TPSA) is 124 Å². The molecular weight excluding hydrogens is 263 g/mol. The van der Waals surface area contributed by atoms with E-state index in [1.165, 1.54) is 0 Å². The Balaban J connectivity index is 2.30. The summed E-state index contributed by atoms with van der Waals surface area (Å²) < 4.78 is 5.17. The van der Waals surface area contributed by atoms with Gasteiger partial charge in [-0.05, 0) is 6.16 Å². The van der Waals surface area contributed by atoms with Crippen molar-refractivity contribution >= 4 is 20.1 Å². The number of fused-ring (bicyclic) bond motifs is 1. The lowest BCUT2D eigenvalue weighted by Crippen LogP contribution is -2.52. The van der Waals surface area contributed by atoms with E-state index < -0.39 is 43.4 Å². The van der Waals surface area contributed by atoms with Crippen LogP contribution in [0.3, 0.4) is 0 Å². The quantitative estimate of drug-likeness (QED) is 0.500. The molecule has 102 valence electrons. The number of carboxylic acids is 2. The molecule has 0 radical (unpaired) electrons. The second kappa shape index (κ2) is 4.42. The molecular formula is C10H15O7P. The normalized spacial score (nSPS) is 40.9. The van der Waals surface area contributed by atoms with Crippen LogP contribution in [0.5, 0.6) is 0 Å². The summed E-state index contributed by atoms with van der Waals surface area (Å²) in [5.41, 5.74) is -1.97. The minimum absolute atomic E-state index is 0.00210. The van der Waals surface area contributed by atoms with Gasteiger partial charge in [-0.25, -0.2) is 4.79 Å². The van der Waals surface area contributed by atoms with Crippen LogP contribution in [0.4, 0.5) is 0 Å². The van der Waals surface area contributed by atoms with Crippen molar-refractivity contribution in [3.63, 3.8) is 0 Å². The van der Waals surface area contributed by atoms with E-state index in [2.05, 4.69) is 0 Å². The highest BCUT2D eigenvalue weighted by Gasteiger charge is 2.76. The number of hydrogen-bond donors (Lipinski definition) is 4. The second-order valence-electron chi connectivity index (χ2n) is 4.59. The van der Waals surface area contributed by atoms with Gasteiger partial charge in [-0.2, -0.15) is 0 Å². The lowest BCUT2D eigenvalue weighted by molar-refractivity contribution is -0.175. The molecule has 7 nitrogen and oxygen atoms in total. The summed E-state index contributed by atoms with van der Waals surface area (Å²) in [5.74, 6) is -5.98. The summed E-state index contributed by atoms with van der Waals surface area (Å²) in [7, 11) is -1.91. The lowest BCUT2D eigenvalue weighted by atomic mass is 9.97. The van der Waals surface area contributed by atoms with Gasteiger partial charge < -0.3 is 24.9 Å². The van der Waals surface area contributed by atoms with Crippen molar-refractivity contribution in [3.8, 4) is 0 Å². The highest BCUT2D eigenvalue weighted by Crippen LogP contribution is 2.63. The van der Waals surface area contributed by atoms with Crippen LogP contribution in [-0.2, 0) is 14.3 Å². The third-order valence-corrected chi connectivity index (χ3v) is 5.38. The third kappa shape index (κ3) is 1.66. The van der Waals surface area contributed by atoms with E-state index in [1.54, 1.807) is 6.92 Å². The summed E-state index contributed by atoms with van der Waals surface area (Å²) in [4.78, 5) is 32.1. The summed E-state index contributed by atoms with van der Waals surface area (Å²) in [6, 6.07) is 0. The molecule has 4 N–H and O–H groups in total. The van der Waals surface area contributed by atoms with Gasteiger partial charge in [0.1, 0.15) is 5.85 Å². The van der Waals surface area contributed by atoms with E-state index in [1.807, 2.05) is 0 Å². The van der Waals surface area contributed by atoms with Crippen LogP contribution in [0, 0.1) is 17.8 Å². The zero-order chi connectivity index (χ0) is 13.7. The minimum atomic E-state index is -1.97. The summed E-state index contributed by atoms with van der Waals surface area (Å²) in [5, 5.41) is 28.3. The van der Waals surface area contributed by atoms with Crippen molar-refractivity contribution in [2.75, 3.05) is 12.8 Å². The van der Waals surface area contributed by atoms with E-state index in [-0.39, 0.29) is 18.7 Å². The van der Waals surface area contributed by atoms with Crippen LogP contribution >= 0.6 is 8.15 Å². The van der Waals surface area contributed by atoms with Gasteiger partial charge in [0.15, 0.2) is 0 Å². The Morgan fingerprint density at radius 2 is 2.11 bits per heavy atom. The smallest absolute Gasteiger partial charge is 0.339 e. The molecule has 2 aliphatic rings. The van der Waals surface area contributed by atoms with Crippen molar-refractivity contribution in [1.82, 2.24) is 0 Å². The van der Waals surface area contributed by atoms with Crippen molar-refractivity contribution in [3.05, 3.63) is 0 Å². The molecule has 0 aromatic rings. The zero-order valence-electron chi connectivity index (χ0n) is 9.68. The molecule has 1 saturated heterocycles. The molecule has 0 amide bonds. The van der Waals surface area contributed by atoms with E-state index in [4.69, 9.17) is 9.84 Å². The maximum Gasteiger partial charge on any atom is 0.339 e. The number of ether oxygens (including phenoxy) is 1. The van der Waals surface area contributed by atoms with E-state index in [9.17, 15) is 24.7 Å². The van der Waals surface area contributed by atoms with E-state index in [0.29, 0.717) is 0 Å². The van der Waals surface area contributed by atoms with Crippen molar-refractivity contribution in [2.24, 2.45) is 17.8 Å². The number of carboxylic acid groups (broad SMARTS) is 2. The van der Waals surface area contributed by atoms with Gasteiger partial charge in [-0.1, -0.05) is 6.92 Å².